The van der Waals surface area contributed by atoms with Crippen molar-refractivity contribution in [2.75, 3.05) is 6.67 Å². The van der Waals surface area contributed by atoms with E-state index in [1.165, 1.54) is 24.3 Å². The van der Waals surface area contributed by atoms with Crippen LogP contribution in [0.3, 0.4) is 0 Å². The lowest BCUT2D eigenvalue weighted by atomic mass is 10.1. The molecule has 98 valence electrons. The molecule has 1 rings (SSSR count). The Kier molecular flexibility index (Phi) is 6.89. The Bertz CT molecular complexity index is 328. The summed E-state index contributed by atoms with van der Waals surface area (Å²) in [4.78, 5) is 0.101. The first-order chi connectivity index (χ1) is 7.42. The van der Waals surface area contributed by atoms with Crippen molar-refractivity contribution >= 4 is 24.2 Å². The molecular formula is C10H12ClF4NS. The molecule has 1 nitrogen and oxygen atoms in total. The molecule has 0 unspecified atom stereocenters. The van der Waals surface area contributed by atoms with Gasteiger partial charge in [-0.15, -0.1) is 12.4 Å². The smallest absolute Gasteiger partial charge is 0.324 e. The Balaban J connectivity index is 0.00000256. The van der Waals surface area contributed by atoms with Crippen molar-refractivity contribution in [2.24, 2.45) is 5.73 Å². The van der Waals surface area contributed by atoms with Gasteiger partial charge in [0, 0.05) is 10.9 Å². The Morgan fingerprint density at radius 3 is 2.12 bits per heavy atom. The number of hydrogen-bond donors (Lipinski definition) is 1. The predicted octanol–water partition coefficient (Wildman–Crippen LogP) is 4.08. The van der Waals surface area contributed by atoms with Gasteiger partial charge in [0.2, 0.25) is 0 Å². The molecule has 2 N–H and O–H groups in total. The standard InChI is InChI=1S/C10H11F4NS.ClH/c11-6-5-9(15)7-1-3-8(4-2-7)16-10(12,13)14;/h1-4,9H,5-6,15H2;1H/t9-;/m1./s1. The molecule has 7 heteroatoms. The fourth-order valence-electron chi connectivity index (χ4n) is 1.20. The molecule has 0 aromatic heterocycles. The highest BCUT2D eigenvalue weighted by molar-refractivity contribution is 8.00. The van der Waals surface area contributed by atoms with Crippen LogP contribution in [0.2, 0.25) is 0 Å². The highest BCUT2D eigenvalue weighted by Crippen LogP contribution is 2.36. The minimum absolute atomic E-state index is 0. The number of rotatable bonds is 4. The summed E-state index contributed by atoms with van der Waals surface area (Å²) in [6.07, 6.45) is 0.172. The third-order valence-electron chi connectivity index (χ3n) is 1.96. The van der Waals surface area contributed by atoms with E-state index in [9.17, 15) is 17.6 Å². The Morgan fingerprint density at radius 1 is 1.18 bits per heavy atom. The van der Waals surface area contributed by atoms with Crippen molar-refractivity contribution in [3.05, 3.63) is 29.8 Å². The van der Waals surface area contributed by atoms with Gasteiger partial charge in [-0.2, -0.15) is 13.2 Å². The Morgan fingerprint density at radius 2 is 1.71 bits per heavy atom. The fourth-order valence-corrected chi connectivity index (χ4v) is 1.74. The minimum atomic E-state index is -4.29. The predicted molar refractivity (Wildman–Crippen MR) is 63.1 cm³/mol. The van der Waals surface area contributed by atoms with Gasteiger partial charge in [0.15, 0.2) is 0 Å². The second-order valence-electron chi connectivity index (χ2n) is 3.20. The molecule has 0 spiro atoms. The van der Waals surface area contributed by atoms with E-state index < -0.39 is 18.2 Å². The number of thioether (sulfide) groups is 1. The quantitative estimate of drug-likeness (QED) is 0.668. The van der Waals surface area contributed by atoms with Gasteiger partial charge in [0.05, 0.1) is 6.67 Å². The molecule has 1 aromatic rings. The number of benzene rings is 1. The van der Waals surface area contributed by atoms with Gasteiger partial charge in [0.25, 0.3) is 0 Å². The van der Waals surface area contributed by atoms with Crippen molar-refractivity contribution in [2.45, 2.75) is 22.9 Å². The van der Waals surface area contributed by atoms with Crippen molar-refractivity contribution in [1.29, 1.82) is 0 Å². The van der Waals surface area contributed by atoms with Crippen LogP contribution in [0.15, 0.2) is 29.2 Å². The molecule has 17 heavy (non-hydrogen) atoms. The van der Waals surface area contributed by atoms with Crippen molar-refractivity contribution in [3.8, 4) is 0 Å². The van der Waals surface area contributed by atoms with Gasteiger partial charge in [-0.05, 0) is 35.9 Å². The van der Waals surface area contributed by atoms with Gasteiger partial charge >= 0.3 is 5.51 Å². The first-order valence-electron chi connectivity index (χ1n) is 4.59. The molecule has 0 aliphatic carbocycles. The second kappa shape index (κ2) is 7.08. The normalized spacial score (nSPS) is 13.0. The lowest BCUT2D eigenvalue weighted by Crippen LogP contribution is -2.10. The summed E-state index contributed by atoms with van der Waals surface area (Å²) in [6.45, 7) is -0.541. The van der Waals surface area contributed by atoms with Gasteiger partial charge < -0.3 is 5.73 Å². The molecule has 1 atom stereocenters. The molecule has 0 saturated carbocycles. The Labute approximate surface area is 107 Å². The largest absolute Gasteiger partial charge is 0.446 e. The van der Waals surface area contributed by atoms with Crippen molar-refractivity contribution < 1.29 is 17.6 Å². The maximum absolute atomic E-state index is 12.0. The average molecular weight is 290 g/mol. The zero-order chi connectivity index (χ0) is 12.2. The summed E-state index contributed by atoms with van der Waals surface area (Å²) in [5.74, 6) is 0. The van der Waals surface area contributed by atoms with E-state index in [1.807, 2.05) is 0 Å². The SMILES string of the molecule is Cl.N[C@H](CCF)c1ccc(SC(F)(F)F)cc1. The molecule has 0 aliphatic heterocycles. The van der Waals surface area contributed by atoms with E-state index in [4.69, 9.17) is 5.73 Å². The van der Waals surface area contributed by atoms with Crippen LogP contribution in [0, 0.1) is 0 Å². The van der Waals surface area contributed by atoms with Crippen LogP contribution in [0.5, 0.6) is 0 Å². The lowest BCUT2D eigenvalue weighted by molar-refractivity contribution is -0.0328. The summed E-state index contributed by atoms with van der Waals surface area (Å²) < 4.78 is 48.0. The van der Waals surface area contributed by atoms with E-state index in [-0.39, 0.29) is 35.5 Å². The molecule has 0 bridgehead atoms. The maximum Gasteiger partial charge on any atom is 0.446 e. The molecule has 0 saturated heterocycles. The summed E-state index contributed by atoms with van der Waals surface area (Å²) in [5, 5.41) is 0. The minimum Gasteiger partial charge on any atom is -0.324 e. The van der Waals surface area contributed by atoms with Crippen LogP contribution in [0.4, 0.5) is 17.6 Å². The van der Waals surface area contributed by atoms with Crippen LogP contribution < -0.4 is 5.73 Å². The Hall–Kier alpha value is -0.460. The van der Waals surface area contributed by atoms with E-state index in [1.54, 1.807) is 0 Å². The zero-order valence-electron chi connectivity index (χ0n) is 8.71. The fraction of sp³-hybridized carbons (Fsp3) is 0.400. The topological polar surface area (TPSA) is 26.0 Å². The second-order valence-corrected chi connectivity index (χ2v) is 4.34. The third-order valence-corrected chi connectivity index (χ3v) is 2.70. The maximum atomic E-state index is 12.0. The van der Waals surface area contributed by atoms with Crippen LogP contribution in [0.25, 0.3) is 0 Å². The molecule has 0 radical (unpaired) electrons. The summed E-state index contributed by atoms with van der Waals surface area (Å²) in [6, 6.07) is 5.20. The zero-order valence-corrected chi connectivity index (χ0v) is 10.3. The highest BCUT2D eigenvalue weighted by Gasteiger charge is 2.29. The monoisotopic (exact) mass is 289 g/mol. The van der Waals surface area contributed by atoms with Crippen LogP contribution >= 0.6 is 24.2 Å². The van der Waals surface area contributed by atoms with Crippen LogP contribution in [0.1, 0.15) is 18.0 Å². The summed E-state index contributed by atoms with van der Waals surface area (Å²) in [5.41, 5.74) is 1.97. The van der Waals surface area contributed by atoms with E-state index in [2.05, 4.69) is 0 Å². The molecule has 0 aliphatic rings. The number of alkyl halides is 4. The van der Waals surface area contributed by atoms with E-state index in [0.29, 0.717) is 5.56 Å². The van der Waals surface area contributed by atoms with Crippen LogP contribution in [-0.2, 0) is 0 Å². The van der Waals surface area contributed by atoms with Gasteiger partial charge in [0.1, 0.15) is 0 Å². The van der Waals surface area contributed by atoms with Crippen molar-refractivity contribution in [3.63, 3.8) is 0 Å². The van der Waals surface area contributed by atoms with Crippen molar-refractivity contribution in [1.82, 2.24) is 0 Å². The number of halogens is 5. The molecule has 0 heterocycles. The van der Waals surface area contributed by atoms with E-state index in [0.717, 1.165) is 0 Å². The summed E-state index contributed by atoms with van der Waals surface area (Å²) >= 11 is -0.180. The first kappa shape index (κ1) is 16.5. The summed E-state index contributed by atoms with van der Waals surface area (Å²) in [7, 11) is 0. The van der Waals surface area contributed by atoms with Gasteiger partial charge in [-0.25, -0.2) is 0 Å². The van der Waals surface area contributed by atoms with Gasteiger partial charge in [-0.3, -0.25) is 4.39 Å². The van der Waals surface area contributed by atoms with E-state index >= 15 is 0 Å². The number of nitrogens with two attached hydrogens (primary N) is 1. The highest BCUT2D eigenvalue weighted by atomic mass is 35.5. The third kappa shape index (κ3) is 6.14. The first-order valence-corrected chi connectivity index (χ1v) is 5.41. The molecule has 0 amide bonds. The molecular weight excluding hydrogens is 278 g/mol. The molecule has 0 fully saturated rings. The average Bonchev–Trinajstić information content (AvgIpc) is 2.16. The van der Waals surface area contributed by atoms with Crippen LogP contribution in [-0.4, -0.2) is 12.2 Å². The molecule has 1 aromatic carbocycles. The lowest BCUT2D eigenvalue weighted by Gasteiger charge is -2.11. The van der Waals surface area contributed by atoms with Gasteiger partial charge in [-0.1, -0.05) is 12.1 Å². The number of hydrogen-bond acceptors (Lipinski definition) is 2.